The maximum absolute atomic E-state index is 10.6. The third-order valence-corrected chi connectivity index (χ3v) is 5.06. The lowest BCUT2D eigenvalue weighted by atomic mass is 10.2. The number of hydrogen-bond donors (Lipinski definition) is 0. The van der Waals surface area contributed by atoms with Crippen LogP contribution in [0.25, 0.3) is 0 Å². The van der Waals surface area contributed by atoms with E-state index in [2.05, 4.69) is 33.2 Å². The summed E-state index contributed by atoms with van der Waals surface area (Å²) >= 11 is 0. The van der Waals surface area contributed by atoms with Crippen LogP contribution in [0.1, 0.15) is 40.5 Å². The van der Waals surface area contributed by atoms with Crippen molar-refractivity contribution in [1.29, 1.82) is 0 Å². The van der Waals surface area contributed by atoms with Crippen molar-refractivity contribution in [3.63, 3.8) is 0 Å². The van der Waals surface area contributed by atoms with Gasteiger partial charge in [-0.1, -0.05) is 46.9 Å². The van der Waals surface area contributed by atoms with E-state index in [4.69, 9.17) is 14.2 Å². The first kappa shape index (κ1) is 31.2. The fourth-order valence-electron chi connectivity index (χ4n) is 2.89. The van der Waals surface area contributed by atoms with Gasteiger partial charge >= 0.3 is 0 Å². The average molecular weight is 478 g/mol. The smallest absolute Gasteiger partial charge is 0.262 e. The summed E-state index contributed by atoms with van der Waals surface area (Å²) < 4.78 is 17.4. The second-order valence-corrected chi connectivity index (χ2v) is 7.95. The molecule has 0 amide bonds. The molecule has 0 aromatic carbocycles. The molecule has 0 N–H and O–H groups in total. The predicted molar refractivity (Wildman–Crippen MR) is 139 cm³/mol. The lowest BCUT2D eigenvalue weighted by molar-refractivity contribution is -0.418. The monoisotopic (exact) mass is 477 g/mol. The van der Waals surface area contributed by atoms with E-state index in [1.807, 2.05) is 50.7 Å². The van der Waals surface area contributed by atoms with Gasteiger partial charge in [0.15, 0.2) is 5.79 Å². The molecule has 1 aliphatic rings. The van der Waals surface area contributed by atoms with Gasteiger partial charge in [-0.3, -0.25) is 10.1 Å². The fourth-order valence-corrected chi connectivity index (χ4v) is 2.89. The molecule has 34 heavy (non-hydrogen) atoms. The average Bonchev–Trinajstić information content (AvgIpc) is 3.19. The van der Waals surface area contributed by atoms with Gasteiger partial charge in [0.2, 0.25) is 0 Å². The van der Waals surface area contributed by atoms with Crippen molar-refractivity contribution in [3.05, 3.63) is 83.6 Å². The number of rotatable bonds is 15. The lowest BCUT2D eigenvalue weighted by Crippen LogP contribution is -2.29. The molecule has 0 aromatic rings. The highest BCUT2D eigenvalue weighted by atomic mass is 16.7. The first-order valence-corrected chi connectivity index (χ1v) is 11.6. The zero-order valence-corrected chi connectivity index (χ0v) is 21.8. The Hall–Kier alpha value is -2.84. The molecule has 0 radical (unpaired) electrons. The summed E-state index contributed by atoms with van der Waals surface area (Å²) in [6.45, 7) is 25.5. The van der Waals surface area contributed by atoms with Gasteiger partial charge in [0.1, 0.15) is 18.5 Å². The van der Waals surface area contributed by atoms with Crippen molar-refractivity contribution in [2.75, 3.05) is 40.4 Å². The minimum atomic E-state index is -0.538. The Morgan fingerprint density at radius 3 is 2.12 bits per heavy atom. The Morgan fingerprint density at radius 2 is 1.62 bits per heavy atom. The maximum atomic E-state index is 10.6. The molecule has 1 saturated heterocycles. The van der Waals surface area contributed by atoms with E-state index in [0.717, 1.165) is 18.5 Å². The number of nitro groups is 1. The van der Waals surface area contributed by atoms with Crippen LogP contribution in [0.15, 0.2) is 73.5 Å². The Bertz CT molecular complexity index is 774. The topological polar surface area (TPSA) is 77.3 Å². The van der Waals surface area contributed by atoms with Crippen LogP contribution in [-0.4, -0.2) is 67.0 Å². The number of hydrogen-bond acceptors (Lipinski definition) is 7. The standard InChI is InChI=1S/C24H37N3O5.C2H6/c1-9-14-24(6)31-18-23(32-24)17-30-22(5)13-12-20(3)26(8)16-15-25(7)19(2)10-11-21(4)27(28)29;1-2/h10-13,23H,2-5,9,14-18H2,1,6-8H3;1-2H3/b11-10-,13-12-;. The summed E-state index contributed by atoms with van der Waals surface area (Å²) in [4.78, 5) is 13.9. The predicted octanol–water partition coefficient (Wildman–Crippen LogP) is 5.27. The van der Waals surface area contributed by atoms with Crippen molar-refractivity contribution in [2.24, 2.45) is 0 Å². The molecule has 0 saturated carbocycles. The highest BCUT2D eigenvalue weighted by Gasteiger charge is 2.36. The summed E-state index contributed by atoms with van der Waals surface area (Å²) in [6, 6.07) is 0. The fraction of sp³-hybridized carbons (Fsp3) is 0.538. The summed E-state index contributed by atoms with van der Waals surface area (Å²) in [5, 5.41) is 10.6. The van der Waals surface area contributed by atoms with Crippen LogP contribution >= 0.6 is 0 Å². The molecule has 1 aliphatic heterocycles. The van der Waals surface area contributed by atoms with Crippen LogP contribution in [0, 0.1) is 10.1 Å². The summed E-state index contributed by atoms with van der Waals surface area (Å²) in [6.07, 6.45) is 8.26. The molecule has 1 heterocycles. The Kier molecular flexibility index (Phi) is 14.6. The molecule has 192 valence electrons. The third kappa shape index (κ3) is 11.9. The highest BCUT2D eigenvalue weighted by molar-refractivity contribution is 5.21. The molecule has 1 rings (SSSR count). The molecule has 2 atom stereocenters. The summed E-state index contributed by atoms with van der Waals surface area (Å²) in [5.41, 5.74) is 1.26. The van der Waals surface area contributed by atoms with Gasteiger partial charge < -0.3 is 24.0 Å². The number of nitrogens with zero attached hydrogens (tertiary/aromatic N) is 3. The van der Waals surface area contributed by atoms with Crippen LogP contribution in [0.5, 0.6) is 0 Å². The second kappa shape index (κ2) is 15.9. The summed E-state index contributed by atoms with van der Waals surface area (Å²) in [7, 11) is 3.79. The van der Waals surface area contributed by atoms with Gasteiger partial charge in [-0.2, -0.15) is 0 Å². The van der Waals surface area contributed by atoms with Gasteiger partial charge in [0.05, 0.1) is 11.5 Å². The van der Waals surface area contributed by atoms with Crippen molar-refractivity contribution in [2.45, 2.75) is 52.4 Å². The van der Waals surface area contributed by atoms with E-state index < -0.39 is 10.7 Å². The third-order valence-electron chi connectivity index (χ3n) is 5.06. The van der Waals surface area contributed by atoms with E-state index in [0.29, 0.717) is 37.8 Å². The Balaban J connectivity index is 0.00000529. The van der Waals surface area contributed by atoms with Gasteiger partial charge in [-0.25, -0.2) is 0 Å². The maximum Gasteiger partial charge on any atom is 0.262 e. The first-order chi connectivity index (χ1) is 16.0. The minimum absolute atomic E-state index is 0.109. The van der Waals surface area contributed by atoms with Crippen molar-refractivity contribution in [3.8, 4) is 0 Å². The normalized spacial score (nSPS) is 19.4. The number of ether oxygens (including phenoxy) is 3. The van der Waals surface area contributed by atoms with Gasteiger partial charge in [0.25, 0.3) is 5.70 Å². The van der Waals surface area contributed by atoms with E-state index in [9.17, 15) is 10.1 Å². The molecule has 0 aromatic heterocycles. The Morgan fingerprint density at radius 1 is 1.09 bits per heavy atom. The van der Waals surface area contributed by atoms with E-state index in [1.165, 1.54) is 6.08 Å². The highest BCUT2D eigenvalue weighted by Crippen LogP contribution is 2.28. The molecule has 2 unspecified atom stereocenters. The first-order valence-electron chi connectivity index (χ1n) is 11.6. The SMILES string of the molecule is C=C(/C=C\C(=C)N(C)CCN(C)C(=C)/C=C\C(=C)[N+](=O)[O-])OCC1COC(C)(CCC)O1.CC. The molecule has 0 bridgehead atoms. The van der Waals surface area contributed by atoms with Crippen LogP contribution < -0.4 is 0 Å². The van der Waals surface area contributed by atoms with E-state index in [1.54, 1.807) is 12.2 Å². The van der Waals surface area contributed by atoms with Crippen LogP contribution in [0.3, 0.4) is 0 Å². The van der Waals surface area contributed by atoms with E-state index >= 15 is 0 Å². The van der Waals surface area contributed by atoms with Gasteiger partial charge in [0, 0.05) is 51.1 Å². The van der Waals surface area contributed by atoms with Crippen LogP contribution in [0.2, 0.25) is 0 Å². The molecule has 8 nitrogen and oxygen atoms in total. The van der Waals surface area contributed by atoms with Crippen molar-refractivity contribution < 1.29 is 19.1 Å². The van der Waals surface area contributed by atoms with Crippen LogP contribution in [0.4, 0.5) is 0 Å². The Labute approximate surface area is 205 Å². The van der Waals surface area contributed by atoms with Crippen molar-refractivity contribution in [1.82, 2.24) is 9.80 Å². The second-order valence-electron chi connectivity index (χ2n) is 7.95. The van der Waals surface area contributed by atoms with Gasteiger partial charge in [-0.05, 0) is 31.7 Å². The molecule has 8 heteroatoms. The number of likely N-dealkylation sites (N-methyl/N-ethyl adjacent to an activating group) is 2. The lowest BCUT2D eigenvalue weighted by Gasteiger charge is -2.25. The van der Waals surface area contributed by atoms with Crippen molar-refractivity contribution >= 4 is 0 Å². The van der Waals surface area contributed by atoms with Crippen LogP contribution in [-0.2, 0) is 14.2 Å². The largest absolute Gasteiger partial charge is 0.491 e. The molecular formula is C26H43N3O5. The molecule has 0 aliphatic carbocycles. The van der Waals surface area contributed by atoms with Gasteiger partial charge in [-0.15, -0.1) is 0 Å². The summed E-state index contributed by atoms with van der Waals surface area (Å²) in [5.74, 6) is -0.0000906. The number of allylic oxidation sites excluding steroid dienone is 4. The zero-order chi connectivity index (χ0) is 26.3. The molecular weight excluding hydrogens is 434 g/mol. The molecule has 0 spiro atoms. The molecule has 1 fully saturated rings. The quantitative estimate of drug-likeness (QED) is 0.138. The minimum Gasteiger partial charge on any atom is -0.491 e. The van der Waals surface area contributed by atoms with E-state index in [-0.39, 0.29) is 11.8 Å². The zero-order valence-electron chi connectivity index (χ0n) is 21.8.